The number of nitrogens with zero attached hydrogens (tertiary/aromatic N) is 1. The van der Waals surface area contributed by atoms with E-state index >= 15 is 0 Å². The molecule has 21 heavy (non-hydrogen) atoms. The summed E-state index contributed by atoms with van der Waals surface area (Å²) >= 11 is 7.76. The summed E-state index contributed by atoms with van der Waals surface area (Å²) in [5.74, 6) is 0.859. The Balaban J connectivity index is 1.81. The molecule has 0 spiro atoms. The summed E-state index contributed by atoms with van der Waals surface area (Å²) in [5, 5.41) is 5.04. The van der Waals surface area contributed by atoms with Gasteiger partial charge in [-0.3, -0.25) is 0 Å². The third kappa shape index (κ3) is 2.96. The number of benzene rings is 2. The first kappa shape index (κ1) is 14.2. The van der Waals surface area contributed by atoms with Gasteiger partial charge in [-0.1, -0.05) is 41.1 Å². The normalized spacial score (nSPS) is 12.3. The minimum absolute atomic E-state index is 0.162. The van der Waals surface area contributed by atoms with Crippen molar-refractivity contribution in [3.8, 4) is 5.75 Å². The maximum absolute atomic E-state index is 6.19. The highest BCUT2D eigenvalue weighted by atomic mass is 35.5. The first-order valence-corrected chi connectivity index (χ1v) is 7.82. The molecule has 0 aliphatic heterocycles. The van der Waals surface area contributed by atoms with Crippen LogP contribution in [0, 0.1) is 0 Å². The van der Waals surface area contributed by atoms with Crippen molar-refractivity contribution in [3.63, 3.8) is 0 Å². The number of aromatic nitrogens is 1. The van der Waals surface area contributed by atoms with Gasteiger partial charge in [-0.15, -0.1) is 0 Å². The molecule has 5 heteroatoms. The van der Waals surface area contributed by atoms with Crippen molar-refractivity contribution < 1.29 is 4.74 Å². The predicted octanol–water partition coefficient (Wildman–Crippen LogP) is 5.13. The maximum Gasteiger partial charge on any atom is 0.184 e. The third-order valence-corrected chi connectivity index (χ3v) is 4.79. The molecule has 1 heterocycles. The van der Waals surface area contributed by atoms with Crippen LogP contribution in [0.5, 0.6) is 5.75 Å². The van der Waals surface area contributed by atoms with Gasteiger partial charge in [-0.05, 0) is 36.8 Å². The second-order valence-electron chi connectivity index (χ2n) is 4.75. The number of anilines is 1. The lowest BCUT2D eigenvalue weighted by Gasteiger charge is -2.13. The highest BCUT2D eigenvalue weighted by Crippen LogP contribution is 2.33. The monoisotopic (exact) mass is 318 g/mol. The van der Waals surface area contributed by atoms with E-state index in [1.165, 1.54) is 5.56 Å². The van der Waals surface area contributed by atoms with Gasteiger partial charge in [-0.25, -0.2) is 4.98 Å². The number of fused-ring (bicyclic) bond motifs is 1. The molecule has 0 saturated heterocycles. The van der Waals surface area contributed by atoms with Gasteiger partial charge in [0.15, 0.2) is 5.13 Å². The van der Waals surface area contributed by atoms with E-state index in [0.29, 0.717) is 0 Å². The zero-order valence-electron chi connectivity index (χ0n) is 11.8. The summed E-state index contributed by atoms with van der Waals surface area (Å²) in [5.41, 5.74) is 2.11. The molecule has 0 amide bonds. The Labute approximate surface area is 132 Å². The van der Waals surface area contributed by atoms with E-state index in [1.54, 1.807) is 18.4 Å². The van der Waals surface area contributed by atoms with E-state index < -0.39 is 0 Å². The molecule has 0 radical (unpaired) electrons. The van der Waals surface area contributed by atoms with Gasteiger partial charge >= 0.3 is 0 Å². The quantitative estimate of drug-likeness (QED) is 0.724. The number of ether oxygens (including phenoxy) is 1. The number of thiazole rings is 1. The van der Waals surface area contributed by atoms with Crippen LogP contribution in [0.4, 0.5) is 5.13 Å². The molecule has 1 N–H and O–H groups in total. The molecule has 1 unspecified atom stereocenters. The summed E-state index contributed by atoms with van der Waals surface area (Å²) < 4.78 is 6.19. The van der Waals surface area contributed by atoms with Crippen molar-refractivity contribution in [3.05, 3.63) is 53.1 Å². The van der Waals surface area contributed by atoms with Crippen molar-refractivity contribution in [2.24, 2.45) is 0 Å². The molecule has 0 saturated carbocycles. The molecule has 0 bridgehead atoms. The fourth-order valence-corrected chi connectivity index (χ4v) is 3.38. The van der Waals surface area contributed by atoms with Gasteiger partial charge in [0.2, 0.25) is 0 Å². The molecule has 108 valence electrons. The van der Waals surface area contributed by atoms with E-state index in [2.05, 4.69) is 29.4 Å². The van der Waals surface area contributed by atoms with Crippen molar-refractivity contribution in [1.82, 2.24) is 4.98 Å². The van der Waals surface area contributed by atoms with Gasteiger partial charge < -0.3 is 10.1 Å². The highest BCUT2D eigenvalue weighted by Gasteiger charge is 2.10. The molecule has 1 aromatic heterocycles. The minimum atomic E-state index is 0.162. The summed E-state index contributed by atoms with van der Waals surface area (Å²) in [6.07, 6.45) is 0. The molecule has 3 rings (SSSR count). The maximum atomic E-state index is 6.19. The Morgan fingerprint density at radius 1 is 1.19 bits per heavy atom. The van der Waals surface area contributed by atoms with Crippen LogP contribution in [0.25, 0.3) is 10.2 Å². The van der Waals surface area contributed by atoms with Crippen LogP contribution >= 0.6 is 22.9 Å². The number of methoxy groups -OCH3 is 1. The average Bonchev–Trinajstić information content (AvgIpc) is 2.91. The Morgan fingerprint density at radius 3 is 2.62 bits per heavy atom. The van der Waals surface area contributed by atoms with Crippen LogP contribution in [0.1, 0.15) is 18.5 Å². The molecule has 2 aromatic carbocycles. The molecule has 1 atom stereocenters. The van der Waals surface area contributed by atoms with Crippen LogP contribution in [0.15, 0.2) is 42.5 Å². The van der Waals surface area contributed by atoms with E-state index in [4.69, 9.17) is 16.3 Å². The van der Waals surface area contributed by atoms with Crippen molar-refractivity contribution in [2.75, 3.05) is 12.4 Å². The molecule has 0 aliphatic carbocycles. The van der Waals surface area contributed by atoms with Crippen molar-refractivity contribution in [1.29, 1.82) is 0 Å². The average molecular weight is 319 g/mol. The van der Waals surface area contributed by atoms with Crippen LogP contribution < -0.4 is 10.1 Å². The fraction of sp³-hybridized carbons (Fsp3) is 0.188. The Hall–Kier alpha value is -1.78. The molecule has 0 fully saturated rings. The standard InChI is InChI=1S/C16H15ClN2OS/c1-10(11-6-8-12(20-2)9-7-11)18-16-19-14-5-3-4-13(17)15(14)21-16/h3-10H,1-2H3,(H,18,19). The Bertz CT molecular complexity index is 755. The molecular formula is C16H15ClN2OS. The Morgan fingerprint density at radius 2 is 1.95 bits per heavy atom. The van der Waals surface area contributed by atoms with E-state index in [9.17, 15) is 0 Å². The minimum Gasteiger partial charge on any atom is -0.497 e. The summed E-state index contributed by atoms with van der Waals surface area (Å²) in [7, 11) is 1.67. The number of nitrogens with one attached hydrogen (secondary N) is 1. The van der Waals surface area contributed by atoms with Gasteiger partial charge in [0, 0.05) is 0 Å². The van der Waals surface area contributed by atoms with E-state index in [0.717, 1.165) is 26.1 Å². The zero-order chi connectivity index (χ0) is 14.8. The first-order chi connectivity index (χ1) is 10.2. The predicted molar refractivity (Wildman–Crippen MR) is 89.7 cm³/mol. The Kier molecular flexibility index (Phi) is 3.99. The van der Waals surface area contributed by atoms with Crippen LogP contribution in [-0.2, 0) is 0 Å². The summed E-state index contributed by atoms with van der Waals surface area (Å²) in [6, 6.07) is 14.0. The molecule has 3 aromatic rings. The fourth-order valence-electron chi connectivity index (χ4n) is 2.14. The van der Waals surface area contributed by atoms with Gasteiger partial charge in [0.05, 0.1) is 28.4 Å². The number of halogens is 1. The summed E-state index contributed by atoms with van der Waals surface area (Å²) in [6.45, 7) is 2.11. The van der Waals surface area contributed by atoms with Crippen LogP contribution in [-0.4, -0.2) is 12.1 Å². The number of hydrogen-bond donors (Lipinski definition) is 1. The van der Waals surface area contributed by atoms with Gasteiger partial charge in [0.1, 0.15) is 5.75 Å². The van der Waals surface area contributed by atoms with Crippen LogP contribution in [0.2, 0.25) is 5.02 Å². The number of hydrogen-bond acceptors (Lipinski definition) is 4. The number of rotatable bonds is 4. The SMILES string of the molecule is COc1ccc(C(C)Nc2nc3cccc(Cl)c3s2)cc1. The lowest BCUT2D eigenvalue weighted by atomic mass is 10.1. The van der Waals surface area contributed by atoms with E-state index in [1.807, 2.05) is 30.3 Å². The smallest absolute Gasteiger partial charge is 0.184 e. The second kappa shape index (κ2) is 5.92. The van der Waals surface area contributed by atoms with E-state index in [-0.39, 0.29) is 6.04 Å². The second-order valence-corrected chi connectivity index (χ2v) is 6.15. The first-order valence-electron chi connectivity index (χ1n) is 6.63. The largest absolute Gasteiger partial charge is 0.497 e. The van der Waals surface area contributed by atoms with Crippen molar-refractivity contribution in [2.45, 2.75) is 13.0 Å². The van der Waals surface area contributed by atoms with Crippen LogP contribution in [0.3, 0.4) is 0 Å². The lowest BCUT2D eigenvalue weighted by molar-refractivity contribution is 0.414. The van der Waals surface area contributed by atoms with Gasteiger partial charge in [0.25, 0.3) is 0 Å². The molecule has 3 nitrogen and oxygen atoms in total. The topological polar surface area (TPSA) is 34.1 Å². The van der Waals surface area contributed by atoms with Gasteiger partial charge in [-0.2, -0.15) is 0 Å². The zero-order valence-corrected chi connectivity index (χ0v) is 13.3. The molecule has 0 aliphatic rings. The van der Waals surface area contributed by atoms with Crippen molar-refractivity contribution >= 4 is 38.3 Å². The third-order valence-electron chi connectivity index (χ3n) is 3.32. The lowest BCUT2D eigenvalue weighted by Crippen LogP contribution is -2.06. The molecular weight excluding hydrogens is 304 g/mol. The highest BCUT2D eigenvalue weighted by molar-refractivity contribution is 7.22. The summed E-state index contributed by atoms with van der Waals surface area (Å²) in [4.78, 5) is 4.57.